The molecule has 0 aromatic heterocycles. The zero-order chi connectivity index (χ0) is 16.0. The van der Waals surface area contributed by atoms with Gasteiger partial charge in [0, 0.05) is 12.1 Å². The molecule has 21 heavy (non-hydrogen) atoms. The van der Waals surface area contributed by atoms with Crippen LogP contribution in [0.4, 0.5) is 0 Å². The number of rotatable bonds is 7. The maximum atomic E-state index is 12.0. The van der Waals surface area contributed by atoms with Crippen LogP contribution in [0, 0.1) is 11.8 Å². The van der Waals surface area contributed by atoms with Gasteiger partial charge in [0.2, 0.25) is 0 Å². The number of methoxy groups -OCH3 is 1. The summed E-state index contributed by atoms with van der Waals surface area (Å²) in [5.74, 6) is -1.19. The van der Waals surface area contributed by atoms with Gasteiger partial charge in [0.1, 0.15) is 5.75 Å². The average molecular weight is 314 g/mol. The topological polar surface area (TPSA) is 75.6 Å². The van der Waals surface area contributed by atoms with Crippen LogP contribution < -0.4 is 10.1 Å². The van der Waals surface area contributed by atoms with Gasteiger partial charge in [-0.2, -0.15) is 0 Å². The fourth-order valence-corrected chi connectivity index (χ4v) is 2.15. The quantitative estimate of drug-likeness (QED) is 0.811. The Hall–Kier alpha value is -1.75. The summed E-state index contributed by atoms with van der Waals surface area (Å²) in [6.45, 7) is 3.99. The lowest BCUT2D eigenvalue weighted by Gasteiger charge is -2.15. The minimum Gasteiger partial charge on any atom is -0.495 e. The Morgan fingerprint density at radius 2 is 2.05 bits per heavy atom. The average Bonchev–Trinajstić information content (AvgIpc) is 2.42. The van der Waals surface area contributed by atoms with Gasteiger partial charge in [0.25, 0.3) is 5.91 Å². The first-order chi connectivity index (χ1) is 9.85. The van der Waals surface area contributed by atoms with Crippen molar-refractivity contribution >= 4 is 23.5 Å². The predicted octanol–water partition coefficient (Wildman–Crippen LogP) is 2.83. The number of carboxylic acids is 1. The monoisotopic (exact) mass is 313 g/mol. The molecule has 6 heteroatoms. The number of ether oxygens (including phenoxy) is 1. The number of amides is 1. The molecule has 0 aliphatic heterocycles. The number of halogens is 1. The van der Waals surface area contributed by atoms with Crippen molar-refractivity contribution in [2.75, 3.05) is 13.7 Å². The third kappa shape index (κ3) is 5.27. The number of carbonyl (C=O) groups excluding carboxylic acids is 1. The zero-order valence-corrected chi connectivity index (χ0v) is 13.1. The first-order valence-electron chi connectivity index (χ1n) is 6.69. The molecule has 1 aromatic carbocycles. The Labute approximate surface area is 129 Å². The number of nitrogens with one attached hydrogen (secondary N) is 1. The number of benzene rings is 1. The molecule has 0 radical (unpaired) electrons. The Balaban J connectivity index is 2.70. The lowest BCUT2D eigenvalue weighted by atomic mass is 9.97. The molecule has 0 aliphatic rings. The highest BCUT2D eigenvalue weighted by Crippen LogP contribution is 2.25. The summed E-state index contributed by atoms with van der Waals surface area (Å²) in [6.07, 6.45) is 0.513. The molecular formula is C15H20ClNO4. The zero-order valence-electron chi connectivity index (χ0n) is 12.4. The van der Waals surface area contributed by atoms with Crippen LogP contribution in [0.2, 0.25) is 5.02 Å². The Bertz CT molecular complexity index is 516. The molecule has 0 fully saturated rings. The summed E-state index contributed by atoms with van der Waals surface area (Å²) in [7, 11) is 1.46. The number of hydrogen-bond acceptors (Lipinski definition) is 3. The maximum Gasteiger partial charge on any atom is 0.308 e. The van der Waals surface area contributed by atoms with Crippen molar-refractivity contribution in [3.63, 3.8) is 0 Å². The molecule has 1 aromatic rings. The van der Waals surface area contributed by atoms with E-state index in [1.54, 1.807) is 12.1 Å². The maximum absolute atomic E-state index is 12.0. The second-order valence-corrected chi connectivity index (χ2v) is 5.63. The van der Waals surface area contributed by atoms with Crippen molar-refractivity contribution in [3.8, 4) is 5.75 Å². The van der Waals surface area contributed by atoms with Gasteiger partial charge in [-0.15, -0.1) is 0 Å². The number of carbonyl (C=O) groups is 2. The molecule has 1 unspecified atom stereocenters. The molecule has 0 saturated carbocycles. The standard InChI is InChI=1S/C15H20ClNO4/c1-9(2)6-11(15(19)20)8-17-14(18)10-4-5-12(16)13(7-10)21-3/h4-5,7,9,11H,6,8H2,1-3H3,(H,17,18)(H,19,20). The van der Waals surface area contributed by atoms with Crippen LogP contribution in [-0.4, -0.2) is 30.6 Å². The molecule has 1 amide bonds. The third-order valence-electron chi connectivity index (χ3n) is 3.03. The highest BCUT2D eigenvalue weighted by atomic mass is 35.5. The van der Waals surface area contributed by atoms with Gasteiger partial charge >= 0.3 is 5.97 Å². The van der Waals surface area contributed by atoms with Crippen LogP contribution >= 0.6 is 11.6 Å². The van der Waals surface area contributed by atoms with E-state index in [0.29, 0.717) is 22.8 Å². The summed E-state index contributed by atoms with van der Waals surface area (Å²) in [4.78, 5) is 23.2. The second-order valence-electron chi connectivity index (χ2n) is 5.22. The molecular weight excluding hydrogens is 294 g/mol. The van der Waals surface area contributed by atoms with Crippen molar-refractivity contribution in [2.24, 2.45) is 11.8 Å². The summed E-state index contributed by atoms with van der Waals surface area (Å²) >= 11 is 5.89. The lowest BCUT2D eigenvalue weighted by Crippen LogP contribution is -2.33. The van der Waals surface area contributed by atoms with Gasteiger partial charge in [-0.1, -0.05) is 25.4 Å². The van der Waals surface area contributed by atoms with Gasteiger partial charge in [0.05, 0.1) is 18.1 Å². The summed E-state index contributed by atoms with van der Waals surface area (Å²) in [6, 6.07) is 4.66. The van der Waals surface area contributed by atoms with E-state index >= 15 is 0 Å². The molecule has 2 N–H and O–H groups in total. The van der Waals surface area contributed by atoms with Crippen molar-refractivity contribution in [1.82, 2.24) is 5.32 Å². The smallest absolute Gasteiger partial charge is 0.308 e. The van der Waals surface area contributed by atoms with Crippen LogP contribution in [0.15, 0.2) is 18.2 Å². The van der Waals surface area contributed by atoms with Gasteiger partial charge in [-0.3, -0.25) is 9.59 Å². The van der Waals surface area contributed by atoms with Crippen molar-refractivity contribution in [2.45, 2.75) is 20.3 Å². The van der Waals surface area contributed by atoms with E-state index in [2.05, 4.69) is 5.32 Å². The van der Waals surface area contributed by atoms with E-state index < -0.39 is 11.9 Å². The molecule has 0 bridgehead atoms. The largest absolute Gasteiger partial charge is 0.495 e. The summed E-state index contributed by atoms with van der Waals surface area (Å²) in [5, 5.41) is 12.2. The van der Waals surface area contributed by atoms with E-state index in [0.717, 1.165) is 0 Å². The minimum atomic E-state index is -0.905. The van der Waals surface area contributed by atoms with Crippen LogP contribution in [-0.2, 0) is 4.79 Å². The fraction of sp³-hybridized carbons (Fsp3) is 0.467. The Morgan fingerprint density at radius 3 is 2.57 bits per heavy atom. The first-order valence-corrected chi connectivity index (χ1v) is 7.07. The second kappa shape index (κ2) is 7.88. The lowest BCUT2D eigenvalue weighted by molar-refractivity contribution is -0.142. The molecule has 0 saturated heterocycles. The highest BCUT2D eigenvalue weighted by Gasteiger charge is 2.20. The summed E-state index contributed by atoms with van der Waals surface area (Å²) in [5.41, 5.74) is 0.380. The van der Waals surface area contributed by atoms with Crippen LogP contribution in [0.1, 0.15) is 30.6 Å². The molecule has 5 nitrogen and oxygen atoms in total. The number of carboxylic acid groups (broad SMARTS) is 1. The number of hydrogen-bond donors (Lipinski definition) is 2. The SMILES string of the molecule is COc1cc(C(=O)NCC(CC(C)C)C(=O)O)ccc1Cl. The predicted molar refractivity (Wildman–Crippen MR) is 80.9 cm³/mol. The van der Waals surface area contributed by atoms with Gasteiger partial charge < -0.3 is 15.2 Å². The van der Waals surface area contributed by atoms with E-state index in [1.165, 1.54) is 13.2 Å². The van der Waals surface area contributed by atoms with E-state index in [-0.39, 0.29) is 18.4 Å². The molecule has 1 atom stereocenters. The van der Waals surface area contributed by atoms with E-state index in [1.807, 2.05) is 13.8 Å². The minimum absolute atomic E-state index is 0.0945. The Morgan fingerprint density at radius 1 is 1.38 bits per heavy atom. The van der Waals surface area contributed by atoms with Gasteiger partial charge in [-0.05, 0) is 30.5 Å². The van der Waals surface area contributed by atoms with Crippen LogP contribution in [0.5, 0.6) is 5.75 Å². The normalized spacial score (nSPS) is 12.0. The molecule has 0 heterocycles. The van der Waals surface area contributed by atoms with Crippen LogP contribution in [0.25, 0.3) is 0 Å². The van der Waals surface area contributed by atoms with Gasteiger partial charge in [-0.25, -0.2) is 0 Å². The molecule has 0 aliphatic carbocycles. The number of aliphatic carboxylic acids is 1. The third-order valence-corrected chi connectivity index (χ3v) is 3.34. The summed E-state index contributed by atoms with van der Waals surface area (Å²) < 4.78 is 5.05. The van der Waals surface area contributed by atoms with E-state index in [9.17, 15) is 9.59 Å². The van der Waals surface area contributed by atoms with Crippen LogP contribution in [0.3, 0.4) is 0 Å². The molecule has 1 rings (SSSR count). The highest BCUT2D eigenvalue weighted by molar-refractivity contribution is 6.32. The molecule has 116 valence electrons. The first kappa shape index (κ1) is 17.3. The van der Waals surface area contributed by atoms with E-state index in [4.69, 9.17) is 21.4 Å². The van der Waals surface area contributed by atoms with Crippen molar-refractivity contribution in [1.29, 1.82) is 0 Å². The van der Waals surface area contributed by atoms with Gasteiger partial charge in [0.15, 0.2) is 0 Å². The molecule has 0 spiro atoms. The Kier molecular flexibility index (Phi) is 6.49. The van der Waals surface area contributed by atoms with Crippen molar-refractivity contribution < 1.29 is 19.4 Å². The fourth-order valence-electron chi connectivity index (χ4n) is 1.96. The van der Waals surface area contributed by atoms with Crippen molar-refractivity contribution in [3.05, 3.63) is 28.8 Å².